The predicted octanol–water partition coefficient (Wildman–Crippen LogP) is 2.06. The molecule has 8 heteroatoms. The lowest BCUT2D eigenvalue weighted by molar-refractivity contribution is 0.0590. The molecule has 1 N–H and O–H groups in total. The van der Waals surface area contributed by atoms with Gasteiger partial charge >= 0.3 is 5.97 Å². The van der Waals surface area contributed by atoms with Gasteiger partial charge in [0.1, 0.15) is 5.82 Å². The maximum absolute atomic E-state index is 12.6. The maximum atomic E-state index is 12.6. The van der Waals surface area contributed by atoms with Crippen LogP contribution in [0.4, 0.5) is 5.82 Å². The number of ether oxygens (including phenoxy) is 1. The fourth-order valence-corrected chi connectivity index (χ4v) is 3.68. The van der Waals surface area contributed by atoms with Gasteiger partial charge in [-0.25, -0.2) is 18.2 Å². The van der Waals surface area contributed by atoms with Gasteiger partial charge in [0.2, 0.25) is 0 Å². The smallest absolute Gasteiger partial charge is 0.358 e. The summed E-state index contributed by atoms with van der Waals surface area (Å²) in [6, 6.07) is 6.24. The Hall–Kier alpha value is -2.61. The van der Waals surface area contributed by atoms with E-state index in [-0.39, 0.29) is 16.4 Å². The average molecular weight is 347 g/mol. The van der Waals surface area contributed by atoms with Gasteiger partial charge in [-0.1, -0.05) is 24.8 Å². The molecule has 1 aliphatic heterocycles. The number of nitrogens with one attached hydrogen (secondary N) is 1. The topological polar surface area (TPSA) is 90.3 Å². The second-order valence-electron chi connectivity index (χ2n) is 5.35. The lowest BCUT2D eigenvalue weighted by Gasteiger charge is -2.09. The zero-order valence-corrected chi connectivity index (χ0v) is 14.0. The van der Waals surface area contributed by atoms with E-state index in [0.29, 0.717) is 18.8 Å². The molecule has 24 heavy (non-hydrogen) atoms. The Bertz CT molecular complexity index is 898. The Morgan fingerprint density at radius 2 is 2.08 bits per heavy atom. The molecule has 2 aromatic rings. The molecule has 0 radical (unpaired) electrons. The number of aryl methyl sites for hydroxylation is 1. The molecular weight excluding hydrogens is 330 g/mol. The van der Waals surface area contributed by atoms with E-state index in [1.165, 1.54) is 19.2 Å². The van der Waals surface area contributed by atoms with Crippen LogP contribution in [0.2, 0.25) is 0 Å². The van der Waals surface area contributed by atoms with E-state index in [4.69, 9.17) is 4.74 Å². The average Bonchev–Trinajstić information content (AvgIpc) is 3.14. The first-order valence-corrected chi connectivity index (χ1v) is 8.87. The van der Waals surface area contributed by atoms with Gasteiger partial charge < -0.3 is 9.30 Å². The SMILES string of the molecule is C=Cc1ccc(S(=O)(=O)Nc2nc3n(c2C(=O)OC)CCC3)cc1. The highest BCUT2D eigenvalue weighted by Gasteiger charge is 2.29. The first-order chi connectivity index (χ1) is 11.5. The number of hydrogen-bond donors (Lipinski definition) is 1. The van der Waals surface area contributed by atoms with Crippen LogP contribution in [0.5, 0.6) is 0 Å². The van der Waals surface area contributed by atoms with Crippen molar-refractivity contribution < 1.29 is 17.9 Å². The number of esters is 1. The van der Waals surface area contributed by atoms with Gasteiger partial charge in [-0.3, -0.25) is 4.72 Å². The van der Waals surface area contributed by atoms with Crippen LogP contribution in [-0.4, -0.2) is 31.0 Å². The van der Waals surface area contributed by atoms with E-state index < -0.39 is 16.0 Å². The van der Waals surface area contributed by atoms with Gasteiger partial charge in [-0.05, 0) is 24.1 Å². The zero-order chi connectivity index (χ0) is 17.3. The minimum Gasteiger partial charge on any atom is -0.464 e. The zero-order valence-electron chi connectivity index (χ0n) is 13.2. The lowest BCUT2D eigenvalue weighted by Crippen LogP contribution is -2.17. The third kappa shape index (κ3) is 2.80. The fraction of sp³-hybridized carbons (Fsp3) is 0.250. The van der Waals surface area contributed by atoms with Crippen molar-refractivity contribution in [2.75, 3.05) is 11.8 Å². The van der Waals surface area contributed by atoms with Crippen molar-refractivity contribution in [1.29, 1.82) is 0 Å². The normalized spacial score (nSPS) is 13.4. The Morgan fingerprint density at radius 1 is 1.38 bits per heavy atom. The molecule has 0 aliphatic carbocycles. The minimum absolute atomic E-state index is 0.00403. The van der Waals surface area contributed by atoms with E-state index in [0.717, 1.165) is 12.0 Å². The van der Waals surface area contributed by atoms with Crippen LogP contribution < -0.4 is 4.72 Å². The van der Waals surface area contributed by atoms with Gasteiger partial charge in [0.25, 0.3) is 10.0 Å². The van der Waals surface area contributed by atoms with Gasteiger partial charge in [0, 0.05) is 13.0 Å². The molecule has 0 saturated carbocycles. The molecule has 1 aromatic carbocycles. The molecule has 1 aromatic heterocycles. The van der Waals surface area contributed by atoms with Crippen LogP contribution in [0.15, 0.2) is 35.7 Å². The molecule has 0 atom stereocenters. The lowest BCUT2D eigenvalue weighted by atomic mass is 10.2. The van der Waals surface area contributed by atoms with Crippen LogP contribution in [0.1, 0.15) is 28.3 Å². The molecule has 0 saturated heterocycles. The van der Waals surface area contributed by atoms with E-state index in [9.17, 15) is 13.2 Å². The number of imidazole rings is 1. The van der Waals surface area contributed by atoms with Crippen molar-refractivity contribution in [2.45, 2.75) is 24.3 Å². The van der Waals surface area contributed by atoms with Crippen molar-refractivity contribution in [1.82, 2.24) is 9.55 Å². The highest BCUT2D eigenvalue weighted by molar-refractivity contribution is 7.92. The Labute approximate surface area is 140 Å². The summed E-state index contributed by atoms with van der Waals surface area (Å²) in [5.74, 6) is 0.0646. The molecule has 2 heterocycles. The third-order valence-corrected chi connectivity index (χ3v) is 5.22. The van der Waals surface area contributed by atoms with Crippen molar-refractivity contribution in [3.05, 3.63) is 47.9 Å². The molecule has 0 spiro atoms. The van der Waals surface area contributed by atoms with E-state index in [1.54, 1.807) is 22.8 Å². The van der Waals surface area contributed by atoms with E-state index in [2.05, 4.69) is 16.3 Å². The van der Waals surface area contributed by atoms with E-state index >= 15 is 0 Å². The summed E-state index contributed by atoms with van der Waals surface area (Å²) >= 11 is 0. The summed E-state index contributed by atoms with van der Waals surface area (Å²) in [7, 11) is -2.60. The molecule has 3 rings (SSSR count). The number of rotatable bonds is 5. The van der Waals surface area contributed by atoms with Crippen molar-refractivity contribution in [3.63, 3.8) is 0 Å². The number of anilines is 1. The molecule has 126 valence electrons. The number of sulfonamides is 1. The van der Waals surface area contributed by atoms with Crippen molar-refractivity contribution >= 4 is 27.9 Å². The number of carbonyl (C=O) groups is 1. The van der Waals surface area contributed by atoms with Gasteiger partial charge in [0.05, 0.1) is 12.0 Å². The van der Waals surface area contributed by atoms with Crippen LogP contribution in [-0.2, 0) is 27.7 Å². The molecule has 7 nitrogen and oxygen atoms in total. The summed E-state index contributed by atoms with van der Waals surface area (Å²) in [5.41, 5.74) is 0.946. The monoisotopic (exact) mass is 347 g/mol. The van der Waals surface area contributed by atoms with Gasteiger partial charge in [-0.15, -0.1) is 0 Å². The van der Waals surface area contributed by atoms with Crippen LogP contribution >= 0.6 is 0 Å². The Kier molecular flexibility index (Phi) is 4.15. The first kappa shape index (κ1) is 16.3. The van der Waals surface area contributed by atoms with Crippen LogP contribution in [0.25, 0.3) is 6.08 Å². The molecule has 0 bridgehead atoms. The number of fused-ring (bicyclic) bond motifs is 1. The standard InChI is InChI=1S/C16H17N3O4S/c1-3-11-6-8-12(9-7-11)24(21,22)18-15-14(16(20)23-2)19-10-4-5-13(19)17-15/h3,6-9,18H,1,4-5,10H2,2H3. The molecular formula is C16H17N3O4S. The third-order valence-electron chi connectivity index (χ3n) is 3.86. The highest BCUT2D eigenvalue weighted by atomic mass is 32.2. The fourth-order valence-electron chi connectivity index (χ4n) is 2.67. The summed E-state index contributed by atoms with van der Waals surface area (Å²) in [6.07, 6.45) is 3.18. The summed E-state index contributed by atoms with van der Waals surface area (Å²) < 4.78 is 34.0. The highest BCUT2D eigenvalue weighted by Crippen LogP contribution is 2.26. The van der Waals surface area contributed by atoms with Crippen LogP contribution in [0, 0.1) is 0 Å². The molecule has 0 amide bonds. The summed E-state index contributed by atoms with van der Waals surface area (Å²) in [6.45, 7) is 4.24. The van der Waals surface area contributed by atoms with Gasteiger partial charge in [0.15, 0.2) is 11.5 Å². The number of hydrogen-bond acceptors (Lipinski definition) is 5. The van der Waals surface area contributed by atoms with Crippen molar-refractivity contribution in [2.24, 2.45) is 0 Å². The number of nitrogens with zero attached hydrogens (tertiary/aromatic N) is 2. The second kappa shape index (κ2) is 6.12. The number of aromatic nitrogens is 2. The van der Waals surface area contributed by atoms with Crippen molar-refractivity contribution in [3.8, 4) is 0 Å². The van der Waals surface area contributed by atoms with Crippen LogP contribution in [0.3, 0.4) is 0 Å². The molecule has 0 fully saturated rings. The summed E-state index contributed by atoms with van der Waals surface area (Å²) in [5, 5.41) is 0. The molecule has 1 aliphatic rings. The predicted molar refractivity (Wildman–Crippen MR) is 89.2 cm³/mol. The number of methoxy groups -OCH3 is 1. The largest absolute Gasteiger partial charge is 0.464 e. The first-order valence-electron chi connectivity index (χ1n) is 7.39. The van der Waals surface area contributed by atoms with E-state index in [1.807, 2.05) is 0 Å². The summed E-state index contributed by atoms with van der Waals surface area (Å²) in [4.78, 5) is 16.4. The maximum Gasteiger partial charge on any atom is 0.358 e. The number of carbonyl (C=O) groups excluding carboxylic acids is 1. The molecule has 0 unspecified atom stereocenters. The Morgan fingerprint density at radius 3 is 2.71 bits per heavy atom. The number of benzene rings is 1. The second-order valence-corrected chi connectivity index (χ2v) is 7.03. The minimum atomic E-state index is -3.86. The van der Waals surface area contributed by atoms with Gasteiger partial charge in [-0.2, -0.15) is 0 Å². The Balaban J connectivity index is 1.98. The quantitative estimate of drug-likeness (QED) is 0.836.